The number of amides is 1. The van der Waals surface area contributed by atoms with Crippen molar-refractivity contribution in [1.82, 2.24) is 9.88 Å². The average molecular weight is 329 g/mol. The van der Waals surface area contributed by atoms with Gasteiger partial charge in [-0.3, -0.25) is 4.79 Å². The molecule has 3 heterocycles. The van der Waals surface area contributed by atoms with E-state index in [0.29, 0.717) is 51.6 Å². The first-order valence-electron chi connectivity index (χ1n) is 7.60. The van der Waals surface area contributed by atoms with E-state index >= 15 is 0 Å². The third-order valence-corrected chi connectivity index (χ3v) is 4.26. The molecule has 5 nitrogen and oxygen atoms in total. The summed E-state index contributed by atoms with van der Waals surface area (Å²) in [7, 11) is 0. The summed E-state index contributed by atoms with van der Waals surface area (Å²) >= 11 is 0. The molecule has 8 heteroatoms. The van der Waals surface area contributed by atoms with Gasteiger partial charge in [0.2, 0.25) is 5.91 Å². The molecule has 23 heavy (non-hydrogen) atoms. The molecule has 2 aliphatic rings. The topological polar surface area (TPSA) is 45.7 Å². The maximum absolute atomic E-state index is 12.6. The minimum atomic E-state index is -4.38. The number of hydrogen-bond donors (Lipinski definition) is 0. The van der Waals surface area contributed by atoms with E-state index < -0.39 is 11.7 Å². The standard InChI is InChI=1S/C15H18F3N3O2/c16-15(17,18)12-1-2-13(19-9-12)21-4-3-11(10-21)14(22)20-5-7-23-8-6-20/h1-2,9,11H,3-8,10H2. The number of morpholine rings is 1. The zero-order valence-corrected chi connectivity index (χ0v) is 12.6. The number of pyridine rings is 1. The number of anilines is 1. The fraction of sp³-hybridized carbons (Fsp3) is 0.600. The summed E-state index contributed by atoms with van der Waals surface area (Å²) in [4.78, 5) is 20.0. The van der Waals surface area contributed by atoms with Crippen LogP contribution >= 0.6 is 0 Å². The largest absolute Gasteiger partial charge is 0.417 e. The maximum Gasteiger partial charge on any atom is 0.417 e. The van der Waals surface area contributed by atoms with Gasteiger partial charge >= 0.3 is 6.18 Å². The van der Waals surface area contributed by atoms with E-state index in [-0.39, 0.29) is 11.8 Å². The van der Waals surface area contributed by atoms with Gasteiger partial charge in [-0.2, -0.15) is 13.2 Å². The third-order valence-electron chi connectivity index (χ3n) is 4.26. The maximum atomic E-state index is 12.6. The highest BCUT2D eigenvalue weighted by molar-refractivity contribution is 5.80. The zero-order valence-electron chi connectivity index (χ0n) is 12.6. The molecule has 0 saturated carbocycles. The van der Waals surface area contributed by atoms with Gasteiger partial charge in [0, 0.05) is 32.4 Å². The van der Waals surface area contributed by atoms with E-state index in [1.165, 1.54) is 6.07 Å². The molecule has 2 aliphatic heterocycles. The molecular formula is C15H18F3N3O2. The van der Waals surface area contributed by atoms with Crippen LogP contribution in [0.25, 0.3) is 0 Å². The van der Waals surface area contributed by atoms with Crippen molar-refractivity contribution in [3.8, 4) is 0 Å². The van der Waals surface area contributed by atoms with Crippen LogP contribution in [0.3, 0.4) is 0 Å². The van der Waals surface area contributed by atoms with Gasteiger partial charge in [0.15, 0.2) is 0 Å². The van der Waals surface area contributed by atoms with Gasteiger partial charge in [-0.1, -0.05) is 0 Å². The summed E-state index contributed by atoms with van der Waals surface area (Å²) in [5, 5.41) is 0. The first-order valence-corrected chi connectivity index (χ1v) is 7.60. The van der Waals surface area contributed by atoms with Crippen molar-refractivity contribution in [2.24, 2.45) is 5.92 Å². The average Bonchev–Trinajstić information content (AvgIpc) is 3.04. The van der Waals surface area contributed by atoms with Crippen molar-refractivity contribution in [3.63, 3.8) is 0 Å². The number of ether oxygens (including phenoxy) is 1. The molecule has 1 unspecified atom stereocenters. The Hall–Kier alpha value is -1.83. The van der Waals surface area contributed by atoms with Crippen molar-refractivity contribution >= 4 is 11.7 Å². The highest BCUT2D eigenvalue weighted by Crippen LogP contribution is 2.30. The number of alkyl halides is 3. The Bertz CT molecular complexity index is 556. The van der Waals surface area contributed by atoms with Gasteiger partial charge in [-0.25, -0.2) is 4.98 Å². The van der Waals surface area contributed by atoms with E-state index in [9.17, 15) is 18.0 Å². The lowest BCUT2D eigenvalue weighted by Crippen LogP contribution is -2.44. The van der Waals surface area contributed by atoms with E-state index in [1.807, 2.05) is 4.90 Å². The molecule has 1 aromatic heterocycles. The molecule has 0 spiro atoms. The Morgan fingerprint density at radius 3 is 2.57 bits per heavy atom. The second-order valence-electron chi connectivity index (χ2n) is 5.77. The number of carbonyl (C=O) groups excluding carboxylic acids is 1. The van der Waals surface area contributed by atoms with Crippen LogP contribution in [0.1, 0.15) is 12.0 Å². The molecule has 0 bridgehead atoms. The Labute approximate surface area is 132 Å². The number of nitrogens with zero attached hydrogens (tertiary/aromatic N) is 3. The van der Waals surface area contributed by atoms with Crippen LogP contribution < -0.4 is 4.90 Å². The summed E-state index contributed by atoms with van der Waals surface area (Å²) in [5.41, 5.74) is -0.763. The number of hydrogen-bond acceptors (Lipinski definition) is 4. The summed E-state index contributed by atoms with van der Waals surface area (Å²) in [5.74, 6) is 0.454. The van der Waals surface area contributed by atoms with Crippen molar-refractivity contribution in [3.05, 3.63) is 23.9 Å². The highest BCUT2D eigenvalue weighted by atomic mass is 19.4. The van der Waals surface area contributed by atoms with Crippen LogP contribution in [-0.2, 0) is 15.7 Å². The highest BCUT2D eigenvalue weighted by Gasteiger charge is 2.34. The Morgan fingerprint density at radius 1 is 1.22 bits per heavy atom. The zero-order chi connectivity index (χ0) is 16.4. The van der Waals surface area contributed by atoms with Crippen molar-refractivity contribution in [2.45, 2.75) is 12.6 Å². The lowest BCUT2D eigenvalue weighted by molar-refractivity contribution is -0.139. The van der Waals surface area contributed by atoms with E-state index in [1.54, 1.807) is 4.90 Å². The van der Waals surface area contributed by atoms with Crippen molar-refractivity contribution in [2.75, 3.05) is 44.3 Å². The molecule has 0 aliphatic carbocycles. The van der Waals surface area contributed by atoms with Gasteiger partial charge in [0.05, 0.1) is 24.7 Å². The molecule has 1 amide bonds. The number of carbonyl (C=O) groups is 1. The SMILES string of the molecule is O=C(C1CCN(c2ccc(C(F)(F)F)cn2)C1)N1CCOCC1. The van der Waals surface area contributed by atoms with Crippen LogP contribution in [-0.4, -0.2) is 55.2 Å². The first-order chi connectivity index (χ1) is 10.9. The number of halogens is 3. The molecule has 126 valence electrons. The molecule has 0 radical (unpaired) electrons. The predicted molar refractivity (Wildman–Crippen MR) is 77.0 cm³/mol. The van der Waals surface area contributed by atoms with Crippen LogP contribution in [0.4, 0.5) is 19.0 Å². The van der Waals surface area contributed by atoms with Crippen LogP contribution in [0.2, 0.25) is 0 Å². The van der Waals surface area contributed by atoms with Crippen LogP contribution in [0.15, 0.2) is 18.3 Å². The van der Waals surface area contributed by atoms with Crippen LogP contribution in [0, 0.1) is 5.92 Å². The minimum Gasteiger partial charge on any atom is -0.378 e. The second-order valence-corrected chi connectivity index (χ2v) is 5.77. The molecule has 2 saturated heterocycles. The van der Waals surface area contributed by atoms with E-state index in [4.69, 9.17) is 4.74 Å². The van der Waals surface area contributed by atoms with Gasteiger partial charge in [-0.15, -0.1) is 0 Å². The Kier molecular flexibility index (Phi) is 4.43. The van der Waals surface area contributed by atoms with Gasteiger partial charge in [0.25, 0.3) is 0 Å². The Morgan fingerprint density at radius 2 is 1.96 bits per heavy atom. The molecular weight excluding hydrogens is 311 g/mol. The number of aromatic nitrogens is 1. The molecule has 1 atom stereocenters. The normalized spacial score (nSPS) is 22.5. The van der Waals surface area contributed by atoms with Gasteiger partial charge in [-0.05, 0) is 18.6 Å². The van der Waals surface area contributed by atoms with Gasteiger partial charge < -0.3 is 14.5 Å². The molecule has 1 aromatic rings. The predicted octanol–water partition coefficient (Wildman–Crippen LogP) is 1.79. The lowest BCUT2D eigenvalue weighted by atomic mass is 10.1. The fourth-order valence-electron chi connectivity index (χ4n) is 2.95. The molecule has 2 fully saturated rings. The van der Waals surface area contributed by atoms with Gasteiger partial charge in [0.1, 0.15) is 5.82 Å². The third kappa shape index (κ3) is 3.57. The monoisotopic (exact) mass is 329 g/mol. The number of rotatable bonds is 2. The second kappa shape index (κ2) is 6.35. The minimum absolute atomic E-state index is 0.0997. The first kappa shape index (κ1) is 16.0. The fourth-order valence-corrected chi connectivity index (χ4v) is 2.95. The molecule has 3 rings (SSSR count). The molecule has 0 N–H and O–H groups in total. The summed E-state index contributed by atoms with van der Waals surface area (Å²) in [6.45, 7) is 3.45. The molecule has 0 aromatic carbocycles. The Balaban J connectivity index is 1.62. The smallest absolute Gasteiger partial charge is 0.378 e. The summed E-state index contributed by atoms with van der Waals surface area (Å²) < 4.78 is 42.9. The summed E-state index contributed by atoms with van der Waals surface area (Å²) in [6.07, 6.45) is -2.85. The van der Waals surface area contributed by atoms with Crippen molar-refractivity contribution in [1.29, 1.82) is 0 Å². The lowest BCUT2D eigenvalue weighted by Gasteiger charge is -2.29. The van der Waals surface area contributed by atoms with E-state index in [0.717, 1.165) is 12.3 Å². The van der Waals surface area contributed by atoms with Crippen molar-refractivity contribution < 1.29 is 22.7 Å². The summed E-state index contributed by atoms with van der Waals surface area (Å²) in [6, 6.07) is 2.39. The van der Waals surface area contributed by atoms with E-state index in [2.05, 4.69) is 4.98 Å². The van der Waals surface area contributed by atoms with Crippen LogP contribution in [0.5, 0.6) is 0 Å². The quantitative estimate of drug-likeness (QED) is 0.830.